The van der Waals surface area contributed by atoms with Crippen molar-refractivity contribution in [3.8, 4) is 5.75 Å². The monoisotopic (exact) mass is 276 g/mol. The molecule has 2 aromatic carbocycles. The largest absolute Gasteiger partial charge is 0.485 e. The van der Waals surface area contributed by atoms with Gasteiger partial charge >= 0.3 is 0 Å². The summed E-state index contributed by atoms with van der Waals surface area (Å²) in [5.41, 5.74) is 2.30. The standard InChI is InChI=1S/C16H14F2O2/c1-9-2-5-15-11(6-9)14(19)8-16(20-15)10-3-4-12(17)13(18)7-10/h2-7,14,16,19H,8H2,1H3/t14-,16?/m0/s1. The number of ether oxygens (including phenoxy) is 1. The van der Waals surface area contributed by atoms with Crippen molar-refractivity contribution in [3.63, 3.8) is 0 Å². The van der Waals surface area contributed by atoms with Crippen LogP contribution in [0.4, 0.5) is 8.78 Å². The SMILES string of the molecule is Cc1ccc2c(c1)[C@@H](O)CC(c1ccc(F)c(F)c1)O2. The molecule has 0 spiro atoms. The summed E-state index contributed by atoms with van der Waals surface area (Å²) >= 11 is 0. The van der Waals surface area contributed by atoms with Gasteiger partial charge in [0.2, 0.25) is 0 Å². The number of halogens is 2. The summed E-state index contributed by atoms with van der Waals surface area (Å²) in [6, 6.07) is 9.23. The summed E-state index contributed by atoms with van der Waals surface area (Å²) < 4.78 is 32.0. The van der Waals surface area contributed by atoms with E-state index in [1.807, 2.05) is 19.1 Å². The minimum absolute atomic E-state index is 0.321. The summed E-state index contributed by atoms with van der Waals surface area (Å²) in [6.45, 7) is 1.94. The zero-order valence-electron chi connectivity index (χ0n) is 10.9. The maximum atomic E-state index is 13.3. The first-order chi connectivity index (χ1) is 9.54. The van der Waals surface area contributed by atoms with Crippen molar-refractivity contribution in [3.05, 3.63) is 64.7 Å². The van der Waals surface area contributed by atoms with E-state index in [0.29, 0.717) is 17.7 Å². The Morgan fingerprint density at radius 3 is 2.65 bits per heavy atom. The van der Waals surface area contributed by atoms with E-state index >= 15 is 0 Å². The molecule has 20 heavy (non-hydrogen) atoms. The van der Waals surface area contributed by atoms with Gasteiger partial charge in [0.25, 0.3) is 0 Å². The Labute approximate surface area is 115 Å². The van der Waals surface area contributed by atoms with Crippen molar-refractivity contribution in [1.29, 1.82) is 0 Å². The lowest BCUT2D eigenvalue weighted by Crippen LogP contribution is -2.19. The van der Waals surface area contributed by atoms with Crippen LogP contribution in [0, 0.1) is 18.6 Å². The van der Waals surface area contributed by atoms with Gasteiger partial charge in [0.1, 0.15) is 11.9 Å². The van der Waals surface area contributed by atoms with Crippen molar-refractivity contribution in [2.75, 3.05) is 0 Å². The highest BCUT2D eigenvalue weighted by atomic mass is 19.2. The zero-order chi connectivity index (χ0) is 14.3. The van der Waals surface area contributed by atoms with Gasteiger partial charge in [0.15, 0.2) is 11.6 Å². The third-order valence-electron chi connectivity index (χ3n) is 3.55. The quantitative estimate of drug-likeness (QED) is 0.857. The summed E-state index contributed by atoms with van der Waals surface area (Å²) in [7, 11) is 0. The Kier molecular flexibility index (Phi) is 3.18. The van der Waals surface area contributed by atoms with Gasteiger partial charge in [-0.1, -0.05) is 17.7 Å². The Bertz CT molecular complexity index is 655. The predicted octanol–water partition coefficient (Wildman–Crippen LogP) is 3.83. The van der Waals surface area contributed by atoms with Crippen LogP contribution in [0.25, 0.3) is 0 Å². The summed E-state index contributed by atoms with van der Waals surface area (Å²) in [4.78, 5) is 0. The van der Waals surface area contributed by atoms with Gasteiger partial charge in [0.05, 0.1) is 6.10 Å². The molecule has 2 nitrogen and oxygen atoms in total. The van der Waals surface area contributed by atoms with Crippen molar-refractivity contribution in [2.45, 2.75) is 25.6 Å². The van der Waals surface area contributed by atoms with Crippen LogP contribution in [0.3, 0.4) is 0 Å². The van der Waals surface area contributed by atoms with E-state index in [2.05, 4.69) is 0 Å². The van der Waals surface area contributed by atoms with Gasteiger partial charge in [0, 0.05) is 12.0 Å². The lowest BCUT2D eigenvalue weighted by atomic mass is 9.94. The molecule has 0 saturated carbocycles. The van der Waals surface area contributed by atoms with Crippen molar-refractivity contribution < 1.29 is 18.6 Å². The van der Waals surface area contributed by atoms with Crippen molar-refractivity contribution >= 4 is 0 Å². The lowest BCUT2D eigenvalue weighted by Gasteiger charge is -2.30. The van der Waals surface area contributed by atoms with E-state index in [1.165, 1.54) is 6.07 Å². The maximum Gasteiger partial charge on any atom is 0.159 e. The van der Waals surface area contributed by atoms with Crippen LogP contribution >= 0.6 is 0 Å². The summed E-state index contributed by atoms with van der Waals surface area (Å²) in [5.74, 6) is -1.21. The molecule has 1 aliphatic heterocycles. The van der Waals surface area contributed by atoms with Crippen LogP contribution in [0.15, 0.2) is 36.4 Å². The molecule has 0 aromatic heterocycles. The smallest absolute Gasteiger partial charge is 0.159 e. The van der Waals surface area contributed by atoms with Crippen LogP contribution in [0.1, 0.15) is 35.3 Å². The number of aliphatic hydroxyl groups is 1. The third kappa shape index (κ3) is 2.27. The molecule has 104 valence electrons. The molecule has 1 N–H and O–H groups in total. The van der Waals surface area contributed by atoms with Gasteiger partial charge in [-0.15, -0.1) is 0 Å². The molecule has 2 atom stereocenters. The van der Waals surface area contributed by atoms with Crippen LogP contribution in [0.2, 0.25) is 0 Å². The highest BCUT2D eigenvalue weighted by molar-refractivity contribution is 5.41. The molecular weight excluding hydrogens is 262 g/mol. The molecule has 1 unspecified atom stereocenters. The Hall–Kier alpha value is -1.94. The number of aliphatic hydroxyl groups excluding tert-OH is 1. The fraction of sp³-hybridized carbons (Fsp3) is 0.250. The molecule has 0 aliphatic carbocycles. The van der Waals surface area contributed by atoms with Gasteiger partial charge < -0.3 is 9.84 Å². The summed E-state index contributed by atoms with van der Waals surface area (Å²) in [5, 5.41) is 10.2. The van der Waals surface area contributed by atoms with E-state index in [0.717, 1.165) is 23.3 Å². The van der Waals surface area contributed by atoms with Crippen molar-refractivity contribution in [1.82, 2.24) is 0 Å². The topological polar surface area (TPSA) is 29.5 Å². The molecule has 1 aliphatic rings. The average Bonchev–Trinajstić information content (AvgIpc) is 2.42. The van der Waals surface area contributed by atoms with Crippen LogP contribution < -0.4 is 4.74 Å². The number of benzene rings is 2. The Balaban J connectivity index is 1.94. The molecule has 0 bridgehead atoms. The molecule has 4 heteroatoms. The van der Waals surface area contributed by atoms with Crippen LogP contribution in [0.5, 0.6) is 5.75 Å². The van der Waals surface area contributed by atoms with Gasteiger partial charge in [-0.2, -0.15) is 0 Å². The van der Waals surface area contributed by atoms with E-state index in [9.17, 15) is 13.9 Å². The third-order valence-corrected chi connectivity index (χ3v) is 3.55. The first kappa shape index (κ1) is 13.1. The predicted molar refractivity (Wildman–Crippen MR) is 70.5 cm³/mol. The zero-order valence-corrected chi connectivity index (χ0v) is 10.9. The van der Waals surface area contributed by atoms with Crippen LogP contribution in [-0.2, 0) is 0 Å². The molecule has 1 heterocycles. The highest BCUT2D eigenvalue weighted by Gasteiger charge is 2.28. The minimum Gasteiger partial charge on any atom is -0.485 e. The molecule has 0 radical (unpaired) electrons. The second-order valence-corrected chi connectivity index (χ2v) is 5.07. The minimum atomic E-state index is -0.907. The number of fused-ring (bicyclic) bond motifs is 1. The molecular formula is C16H14F2O2. The van der Waals surface area contributed by atoms with E-state index in [1.54, 1.807) is 6.07 Å². The second kappa shape index (κ2) is 4.87. The number of rotatable bonds is 1. The normalized spacial score (nSPS) is 21.2. The van der Waals surface area contributed by atoms with E-state index in [4.69, 9.17) is 4.74 Å². The molecule has 0 fully saturated rings. The fourth-order valence-electron chi connectivity index (χ4n) is 2.48. The number of aryl methyl sites for hydroxylation is 1. The Morgan fingerprint density at radius 2 is 1.90 bits per heavy atom. The number of hydrogen-bond acceptors (Lipinski definition) is 2. The highest BCUT2D eigenvalue weighted by Crippen LogP contribution is 2.41. The maximum absolute atomic E-state index is 13.3. The second-order valence-electron chi connectivity index (χ2n) is 5.07. The van der Waals surface area contributed by atoms with E-state index < -0.39 is 23.8 Å². The molecule has 0 saturated heterocycles. The summed E-state index contributed by atoms with van der Waals surface area (Å²) in [6.07, 6.45) is -0.825. The molecule has 2 aromatic rings. The van der Waals surface area contributed by atoms with Crippen LogP contribution in [-0.4, -0.2) is 5.11 Å². The molecule has 3 rings (SSSR count). The van der Waals surface area contributed by atoms with E-state index in [-0.39, 0.29) is 0 Å². The number of hydrogen-bond donors (Lipinski definition) is 1. The van der Waals surface area contributed by atoms with Crippen molar-refractivity contribution in [2.24, 2.45) is 0 Å². The average molecular weight is 276 g/mol. The fourth-order valence-corrected chi connectivity index (χ4v) is 2.48. The van der Waals surface area contributed by atoms with Gasteiger partial charge in [-0.3, -0.25) is 0 Å². The first-order valence-corrected chi connectivity index (χ1v) is 6.45. The molecule has 0 amide bonds. The van der Waals surface area contributed by atoms with Gasteiger partial charge in [-0.25, -0.2) is 8.78 Å². The van der Waals surface area contributed by atoms with Gasteiger partial charge in [-0.05, 0) is 36.8 Å². The Morgan fingerprint density at radius 1 is 1.10 bits per heavy atom. The first-order valence-electron chi connectivity index (χ1n) is 6.45. The lowest BCUT2D eigenvalue weighted by molar-refractivity contribution is 0.0655.